The molecule has 2 aliphatic heterocycles. The summed E-state index contributed by atoms with van der Waals surface area (Å²) < 4.78 is 0. The average Bonchev–Trinajstić information content (AvgIpc) is 3.53. The first-order valence-corrected chi connectivity index (χ1v) is 11.7. The van der Waals surface area contributed by atoms with Gasteiger partial charge in [-0.3, -0.25) is 14.4 Å². The van der Waals surface area contributed by atoms with Crippen molar-refractivity contribution in [1.82, 2.24) is 9.80 Å². The average molecular weight is 434 g/mol. The number of amides is 3. The Bertz CT molecular complexity index is 937. The van der Waals surface area contributed by atoms with Crippen LogP contribution in [0, 0.1) is 0 Å². The van der Waals surface area contributed by atoms with Gasteiger partial charge in [-0.05, 0) is 68.4 Å². The number of hydrogen-bond donors (Lipinski definition) is 1. The summed E-state index contributed by atoms with van der Waals surface area (Å²) in [6.45, 7) is 2.36. The Balaban J connectivity index is 1.23. The molecule has 0 aromatic heterocycles. The van der Waals surface area contributed by atoms with Gasteiger partial charge in [-0.1, -0.05) is 30.3 Å². The molecule has 2 aromatic carbocycles. The first kappa shape index (κ1) is 22.1. The summed E-state index contributed by atoms with van der Waals surface area (Å²) in [5.74, 6) is 0.0980. The lowest BCUT2D eigenvalue weighted by Crippen LogP contribution is -2.46. The number of nitrogens with zero attached hydrogens (tertiary/aromatic N) is 2. The highest BCUT2D eigenvalue weighted by Crippen LogP contribution is 2.23. The van der Waals surface area contributed by atoms with Gasteiger partial charge in [0, 0.05) is 37.3 Å². The quantitative estimate of drug-likeness (QED) is 0.721. The lowest BCUT2D eigenvalue weighted by atomic mass is 10.1. The molecule has 2 heterocycles. The molecule has 6 heteroatoms. The van der Waals surface area contributed by atoms with Crippen molar-refractivity contribution < 1.29 is 14.4 Å². The molecular formula is C26H31N3O3. The van der Waals surface area contributed by atoms with Crippen LogP contribution in [0.4, 0.5) is 5.69 Å². The molecule has 0 unspecified atom stereocenters. The third kappa shape index (κ3) is 5.36. The van der Waals surface area contributed by atoms with E-state index in [-0.39, 0.29) is 23.8 Å². The lowest BCUT2D eigenvalue weighted by Gasteiger charge is -2.27. The van der Waals surface area contributed by atoms with Crippen molar-refractivity contribution in [3.8, 4) is 0 Å². The minimum Gasteiger partial charge on any atom is -0.341 e. The van der Waals surface area contributed by atoms with Gasteiger partial charge in [0.25, 0.3) is 5.91 Å². The van der Waals surface area contributed by atoms with Gasteiger partial charge in [-0.2, -0.15) is 0 Å². The van der Waals surface area contributed by atoms with Gasteiger partial charge in [0.15, 0.2) is 0 Å². The van der Waals surface area contributed by atoms with Crippen LogP contribution in [0.5, 0.6) is 0 Å². The van der Waals surface area contributed by atoms with Gasteiger partial charge in [-0.15, -0.1) is 0 Å². The Hall–Kier alpha value is -3.15. The van der Waals surface area contributed by atoms with Crippen LogP contribution in [0.3, 0.4) is 0 Å². The van der Waals surface area contributed by atoms with Crippen molar-refractivity contribution in [2.75, 3.05) is 25.0 Å². The van der Waals surface area contributed by atoms with Crippen LogP contribution in [0.1, 0.15) is 54.4 Å². The highest BCUT2D eigenvalue weighted by Gasteiger charge is 2.36. The molecule has 0 saturated carbocycles. The molecule has 32 heavy (non-hydrogen) atoms. The topological polar surface area (TPSA) is 69.7 Å². The number of carbonyl (C=O) groups is 3. The number of nitrogens with one attached hydrogen (secondary N) is 1. The number of rotatable bonds is 7. The van der Waals surface area contributed by atoms with Crippen LogP contribution >= 0.6 is 0 Å². The van der Waals surface area contributed by atoms with Crippen molar-refractivity contribution >= 4 is 23.4 Å². The molecule has 2 aromatic rings. The van der Waals surface area contributed by atoms with Gasteiger partial charge in [-0.25, -0.2) is 0 Å². The minimum atomic E-state index is -0.256. The van der Waals surface area contributed by atoms with E-state index in [1.54, 1.807) is 12.1 Å². The van der Waals surface area contributed by atoms with Crippen molar-refractivity contribution in [2.45, 2.75) is 51.0 Å². The van der Waals surface area contributed by atoms with E-state index in [0.29, 0.717) is 18.5 Å². The largest absolute Gasteiger partial charge is 0.341 e. The molecule has 3 amide bonds. The van der Waals surface area contributed by atoms with E-state index < -0.39 is 0 Å². The van der Waals surface area contributed by atoms with Crippen LogP contribution in [0.2, 0.25) is 0 Å². The van der Waals surface area contributed by atoms with Crippen LogP contribution in [-0.4, -0.2) is 53.2 Å². The first-order chi connectivity index (χ1) is 15.6. The number of likely N-dealkylation sites (tertiary alicyclic amines) is 2. The number of hydrogen-bond acceptors (Lipinski definition) is 3. The second kappa shape index (κ2) is 10.4. The normalized spacial score (nSPS) is 18.1. The predicted molar refractivity (Wildman–Crippen MR) is 124 cm³/mol. The second-order valence-corrected chi connectivity index (χ2v) is 8.65. The predicted octanol–water partition coefficient (Wildman–Crippen LogP) is 3.88. The zero-order chi connectivity index (χ0) is 22.3. The second-order valence-electron chi connectivity index (χ2n) is 8.65. The number of aryl methyl sites for hydroxylation is 1. The summed E-state index contributed by atoms with van der Waals surface area (Å²) in [5.41, 5.74) is 2.50. The van der Waals surface area contributed by atoms with Crippen LogP contribution in [-0.2, 0) is 16.0 Å². The van der Waals surface area contributed by atoms with Gasteiger partial charge < -0.3 is 15.1 Å². The molecule has 0 bridgehead atoms. The van der Waals surface area contributed by atoms with E-state index in [0.717, 1.165) is 62.9 Å². The minimum absolute atomic E-state index is 0.0896. The zero-order valence-corrected chi connectivity index (χ0v) is 18.5. The molecule has 0 aliphatic carbocycles. The maximum absolute atomic E-state index is 12.8. The number of benzene rings is 2. The van der Waals surface area contributed by atoms with Gasteiger partial charge in [0.1, 0.15) is 6.04 Å². The van der Waals surface area contributed by atoms with E-state index in [1.165, 1.54) is 0 Å². The number of carbonyl (C=O) groups excluding carboxylic acids is 3. The third-order valence-corrected chi connectivity index (χ3v) is 6.38. The maximum Gasteiger partial charge on any atom is 0.255 e. The van der Waals surface area contributed by atoms with E-state index in [4.69, 9.17) is 0 Å². The summed E-state index contributed by atoms with van der Waals surface area (Å²) in [4.78, 5) is 41.5. The molecule has 2 saturated heterocycles. The Labute approximate surface area is 189 Å². The molecule has 1 atom stereocenters. The molecule has 4 rings (SSSR count). The Morgan fingerprint density at radius 1 is 0.875 bits per heavy atom. The van der Waals surface area contributed by atoms with E-state index >= 15 is 0 Å². The molecule has 6 nitrogen and oxygen atoms in total. The smallest absolute Gasteiger partial charge is 0.255 e. The highest BCUT2D eigenvalue weighted by molar-refractivity contribution is 6.04. The molecule has 0 radical (unpaired) electrons. The third-order valence-electron chi connectivity index (χ3n) is 6.38. The molecule has 1 N–H and O–H groups in total. The van der Waals surface area contributed by atoms with Crippen LogP contribution in [0.25, 0.3) is 0 Å². The number of anilines is 1. The van der Waals surface area contributed by atoms with Gasteiger partial charge >= 0.3 is 0 Å². The van der Waals surface area contributed by atoms with E-state index in [1.807, 2.05) is 52.3 Å². The fourth-order valence-electron chi connectivity index (χ4n) is 4.61. The van der Waals surface area contributed by atoms with Crippen molar-refractivity contribution in [3.63, 3.8) is 0 Å². The van der Waals surface area contributed by atoms with Crippen LogP contribution < -0.4 is 5.32 Å². The molecule has 2 fully saturated rings. The molecule has 2 aliphatic rings. The van der Waals surface area contributed by atoms with Crippen LogP contribution in [0.15, 0.2) is 54.6 Å². The van der Waals surface area contributed by atoms with Gasteiger partial charge in [0.2, 0.25) is 11.8 Å². The van der Waals surface area contributed by atoms with E-state index in [2.05, 4.69) is 5.32 Å². The van der Waals surface area contributed by atoms with Crippen molar-refractivity contribution in [3.05, 3.63) is 65.7 Å². The first-order valence-electron chi connectivity index (χ1n) is 11.7. The van der Waals surface area contributed by atoms with Crippen molar-refractivity contribution in [1.29, 1.82) is 0 Å². The Morgan fingerprint density at radius 3 is 2.31 bits per heavy atom. The van der Waals surface area contributed by atoms with Gasteiger partial charge in [0.05, 0.1) is 0 Å². The van der Waals surface area contributed by atoms with Crippen molar-refractivity contribution in [2.24, 2.45) is 0 Å². The summed E-state index contributed by atoms with van der Waals surface area (Å²) >= 11 is 0. The molecule has 0 spiro atoms. The maximum atomic E-state index is 12.8. The highest BCUT2D eigenvalue weighted by atomic mass is 16.2. The summed E-state index contributed by atoms with van der Waals surface area (Å²) in [5, 5.41) is 2.90. The Kier molecular flexibility index (Phi) is 7.20. The summed E-state index contributed by atoms with van der Waals surface area (Å²) in [7, 11) is 0. The lowest BCUT2D eigenvalue weighted by molar-refractivity contribution is -0.143. The SMILES string of the molecule is O=C(Nc1ccc(CCCC(=O)N2CCC[C@H]2C(=O)N2CCCC2)cc1)c1ccccc1. The summed E-state index contributed by atoms with van der Waals surface area (Å²) in [6.07, 6.45) is 5.83. The Morgan fingerprint density at radius 2 is 1.59 bits per heavy atom. The standard InChI is InChI=1S/C26H31N3O3/c30-24(29-19-7-11-23(29)26(32)28-17-4-5-18-28)12-6-8-20-13-15-22(16-14-20)27-25(31)21-9-2-1-3-10-21/h1-3,9-10,13-16,23H,4-8,11-12,17-19H2,(H,27,31)/t23-/m0/s1. The molecule has 168 valence electrons. The monoisotopic (exact) mass is 433 g/mol. The zero-order valence-electron chi connectivity index (χ0n) is 18.5. The fraction of sp³-hybridized carbons (Fsp3) is 0.423. The summed E-state index contributed by atoms with van der Waals surface area (Å²) in [6, 6.07) is 16.6. The molecular weight excluding hydrogens is 402 g/mol. The fourth-order valence-corrected chi connectivity index (χ4v) is 4.61. The van der Waals surface area contributed by atoms with E-state index in [9.17, 15) is 14.4 Å².